The highest BCUT2D eigenvalue weighted by Gasteiger charge is 2.30. The Morgan fingerprint density at radius 2 is 1.76 bits per heavy atom. The molecule has 0 amide bonds. The van der Waals surface area contributed by atoms with Gasteiger partial charge in [0.05, 0.1) is 6.10 Å². The van der Waals surface area contributed by atoms with E-state index in [1.54, 1.807) is 19.1 Å². The Bertz CT molecular complexity index is 805. The average Bonchev–Trinajstić information content (AvgIpc) is 2.45. The first-order valence-electron chi connectivity index (χ1n) is 7.40. The minimum absolute atomic E-state index is 0.0166. The van der Waals surface area contributed by atoms with E-state index in [1.165, 1.54) is 12.1 Å². The van der Waals surface area contributed by atoms with Crippen LogP contribution >= 0.6 is 18.2 Å². The Morgan fingerprint density at radius 3 is 2.32 bits per heavy atom. The first-order valence-corrected chi connectivity index (χ1v) is 10.4. The van der Waals surface area contributed by atoms with Crippen LogP contribution in [0.3, 0.4) is 0 Å². The molecular weight excluding hydrogens is 367 g/mol. The number of aromatic hydroxyl groups is 3. The molecule has 2 aromatic carbocycles. The smallest absolute Gasteiger partial charge is 0.388 e. The highest BCUT2D eigenvalue weighted by atomic mass is 32.7. The molecule has 2 atom stereocenters. The summed E-state index contributed by atoms with van der Waals surface area (Å²) in [6.07, 6.45) is -0.869. The van der Waals surface area contributed by atoms with E-state index >= 15 is 0 Å². The van der Waals surface area contributed by atoms with Gasteiger partial charge in [0.15, 0.2) is 0 Å². The van der Waals surface area contributed by atoms with Gasteiger partial charge in [-0.1, -0.05) is 19.1 Å². The molecule has 0 heterocycles. The molecule has 0 fully saturated rings. The van der Waals surface area contributed by atoms with Gasteiger partial charge in [-0.15, -0.1) is 0 Å². The van der Waals surface area contributed by atoms with E-state index in [0.29, 0.717) is 12.0 Å². The van der Waals surface area contributed by atoms with Gasteiger partial charge in [-0.05, 0) is 41.6 Å². The molecule has 0 bridgehead atoms. The highest BCUT2D eigenvalue weighted by Crippen LogP contribution is 2.58. The third kappa shape index (κ3) is 4.90. The third-order valence-electron chi connectivity index (χ3n) is 3.74. The number of hydrogen-bond acceptors (Lipinski definition) is 6. The molecule has 0 aromatic heterocycles. The van der Waals surface area contributed by atoms with E-state index in [2.05, 4.69) is 0 Å². The summed E-state index contributed by atoms with van der Waals surface area (Å²) in [6, 6.07) is 8.35. The molecule has 2 unspecified atom stereocenters. The fraction of sp³-hybridized carbons (Fsp3) is 0.250. The van der Waals surface area contributed by atoms with E-state index < -0.39 is 24.6 Å². The first kappa shape index (κ1) is 19.6. The van der Waals surface area contributed by atoms with Crippen molar-refractivity contribution in [1.29, 1.82) is 0 Å². The van der Waals surface area contributed by atoms with Gasteiger partial charge < -0.3 is 30.2 Å². The Morgan fingerprint density at radius 1 is 1.08 bits per heavy atom. The highest BCUT2D eigenvalue weighted by molar-refractivity contribution is 8.54. The lowest BCUT2D eigenvalue weighted by atomic mass is 9.86. The molecule has 136 valence electrons. The van der Waals surface area contributed by atoms with Crippen LogP contribution in [-0.2, 0) is 4.57 Å². The van der Waals surface area contributed by atoms with Crippen molar-refractivity contribution in [3.63, 3.8) is 0 Å². The lowest BCUT2D eigenvalue weighted by Crippen LogP contribution is -2.11. The molecule has 0 aliphatic rings. The average molecular weight is 386 g/mol. The Hall–Kier alpha value is -1.70. The van der Waals surface area contributed by atoms with Crippen LogP contribution in [0.5, 0.6) is 17.2 Å². The van der Waals surface area contributed by atoms with Gasteiger partial charge in [-0.25, -0.2) is 4.57 Å². The quantitative estimate of drug-likeness (QED) is 0.416. The predicted octanol–water partition coefficient (Wildman–Crippen LogP) is 3.22. The number of benzene rings is 2. The van der Waals surface area contributed by atoms with Gasteiger partial charge >= 0.3 is 6.80 Å². The van der Waals surface area contributed by atoms with Crippen LogP contribution in [0, 0.1) is 0 Å². The summed E-state index contributed by atoms with van der Waals surface area (Å²) in [5, 5.41) is 40.2. The van der Waals surface area contributed by atoms with E-state index in [9.17, 15) is 34.8 Å². The molecule has 7 nitrogen and oxygen atoms in total. The minimum atomic E-state index is -4.57. The molecule has 0 aliphatic heterocycles. The molecule has 2 aromatic rings. The van der Waals surface area contributed by atoms with E-state index in [1.807, 2.05) is 0 Å². The van der Waals surface area contributed by atoms with Gasteiger partial charge in [0.2, 0.25) is 0 Å². The lowest BCUT2D eigenvalue weighted by Gasteiger charge is -2.25. The van der Waals surface area contributed by atoms with Crippen LogP contribution in [0.25, 0.3) is 0 Å². The van der Waals surface area contributed by atoms with Gasteiger partial charge in [0, 0.05) is 22.4 Å². The van der Waals surface area contributed by atoms with Crippen LogP contribution in [0.4, 0.5) is 0 Å². The van der Waals surface area contributed by atoms with Gasteiger partial charge in [-0.2, -0.15) is 0 Å². The SMILES string of the molecule is CCC(c1cccc(O)c1)C(O)c1c(O)cc(O)cc1SP(=O)(O)O. The van der Waals surface area contributed by atoms with Gasteiger partial charge in [0.25, 0.3) is 0 Å². The summed E-state index contributed by atoms with van der Waals surface area (Å²) in [5.74, 6) is -1.38. The fourth-order valence-electron chi connectivity index (χ4n) is 2.70. The fourth-order valence-corrected chi connectivity index (χ4v) is 4.67. The summed E-state index contributed by atoms with van der Waals surface area (Å²) in [4.78, 5) is 18.3. The zero-order valence-corrected chi connectivity index (χ0v) is 15.0. The molecule has 0 saturated carbocycles. The molecule has 0 aliphatic carbocycles. The number of aliphatic hydroxyl groups is 1. The maximum Gasteiger partial charge on any atom is 0.388 e. The summed E-state index contributed by atoms with van der Waals surface area (Å²) in [7, 11) is 0. The van der Waals surface area contributed by atoms with Crippen molar-refractivity contribution in [2.45, 2.75) is 30.3 Å². The Kier molecular flexibility index (Phi) is 6.03. The standard InChI is InChI=1S/C16H19O7PS/c1-2-12(9-4-3-5-10(17)6-9)16(20)15-13(19)7-11(18)8-14(15)25-24(21,22)23/h3-8,12,16-20H,2H2,1H3,(H2,21,22,23). The van der Waals surface area contributed by atoms with Crippen molar-refractivity contribution in [2.24, 2.45) is 0 Å². The summed E-state index contributed by atoms with van der Waals surface area (Å²) < 4.78 is 11.3. The van der Waals surface area contributed by atoms with Crippen LogP contribution in [0.1, 0.15) is 36.5 Å². The second kappa shape index (κ2) is 7.68. The predicted molar refractivity (Wildman–Crippen MR) is 93.8 cm³/mol. The van der Waals surface area contributed by atoms with Crippen molar-refractivity contribution in [2.75, 3.05) is 0 Å². The molecule has 6 N–H and O–H groups in total. The van der Waals surface area contributed by atoms with Crippen LogP contribution in [-0.4, -0.2) is 30.2 Å². The van der Waals surface area contributed by atoms with E-state index in [4.69, 9.17) is 0 Å². The number of phenols is 3. The van der Waals surface area contributed by atoms with E-state index in [-0.39, 0.29) is 33.3 Å². The largest absolute Gasteiger partial charge is 0.508 e. The van der Waals surface area contributed by atoms with Crippen LogP contribution in [0.15, 0.2) is 41.3 Å². The molecule has 9 heteroatoms. The number of hydrogen-bond donors (Lipinski definition) is 6. The normalized spacial score (nSPS) is 14.2. The topological polar surface area (TPSA) is 138 Å². The van der Waals surface area contributed by atoms with Crippen molar-refractivity contribution in [1.82, 2.24) is 0 Å². The molecule has 25 heavy (non-hydrogen) atoms. The van der Waals surface area contributed by atoms with Crippen LogP contribution in [0.2, 0.25) is 0 Å². The number of phenolic OH excluding ortho intramolecular Hbond substituents is 3. The number of aliphatic hydroxyl groups excluding tert-OH is 1. The number of rotatable bonds is 6. The molecular formula is C16H19O7PS. The Balaban J connectivity index is 2.53. The second-order valence-electron chi connectivity index (χ2n) is 5.51. The zero-order chi connectivity index (χ0) is 18.8. The van der Waals surface area contributed by atoms with Crippen molar-refractivity contribution in [3.8, 4) is 17.2 Å². The summed E-state index contributed by atoms with van der Waals surface area (Å²) >= 11 is 0.148. The second-order valence-corrected chi connectivity index (χ2v) is 9.09. The van der Waals surface area contributed by atoms with Crippen LogP contribution < -0.4 is 0 Å². The van der Waals surface area contributed by atoms with Crippen molar-refractivity contribution in [3.05, 3.63) is 47.5 Å². The van der Waals surface area contributed by atoms with Crippen molar-refractivity contribution < 1.29 is 34.8 Å². The summed E-state index contributed by atoms with van der Waals surface area (Å²) in [6.45, 7) is -2.77. The van der Waals surface area contributed by atoms with Crippen molar-refractivity contribution >= 4 is 18.2 Å². The summed E-state index contributed by atoms with van der Waals surface area (Å²) in [5.41, 5.74) is 0.524. The third-order valence-corrected chi connectivity index (χ3v) is 5.81. The van der Waals surface area contributed by atoms with E-state index in [0.717, 1.165) is 12.1 Å². The zero-order valence-electron chi connectivity index (χ0n) is 13.3. The molecule has 0 saturated heterocycles. The Labute approximate surface area is 148 Å². The molecule has 0 spiro atoms. The first-order chi connectivity index (χ1) is 11.6. The van der Waals surface area contributed by atoms with Gasteiger partial charge in [0.1, 0.15) is 17.2 Å². The maximum atomic E-state index is 11.3. The minimum Gasteiger partial charge on any atom is -0.508 e. The monoisotopic (exact) mass is 386 g/mol. The maximum absolute atomic E-state index is 11.3. The molecule has 0 radical (unpaired) electrons. The lowest BCUT2D eigenvalue weighted by molar-refractivity contribution is 0.136. The van der Waals surface area contributed by atoms with Gasteiger partial charge in [-0.3, -0.25) is 0 Å². The molecule has 2 rings (SSSR count).